The highest BCUT2D eigenvalue weighted by Crippen LogP contribution is 2.46. The minimum atomic E-state index is -0.981. The fourth-order valence-corrected chi connectivity index (χ4v) is 5.37. The maximum absolute atomic E-state index is 12.3. The Labute approximate surface area is 170 Å². The van der Waals surface area contributed by atoms with Gasteiger partial charge < -0.3 is 10.8 Å². The second kappa shape index (κ2) is 7.92. The molecule has 0 atom stereocenters. The van der Waals surface area contributed by atoms with Crippen LogP contribution in [0.5, 0.6) is 0 Å². The van der Waals surface area contributed by atoms with Gasteiger partial charge in [0.1, 0.15) is 0 Å². The van der Waals surface area contributed by atoms with E-state index in [4.69, 9.17) is 10.8 Å². The van der Waals surface area contributed by atoms with E-state index in [1.807, 2.05) is 13.8 Å². The van der Waals surface area contributed by atoms with Crippen molar-refractivity contribution >= 4 is 43.7 Å². The molecule has 3 N–H and O–H groups in total. The van der Waals surface area contributed by atoms with Crippen LogP contribution >= 0.6 is 31.9 Å². The molecule has 138 valence electrons. The fourth-order valence-electron chi connectivity index (χ4n) is 3.17. The molecule has 0 aliphatic carbocycles. The Kier molecular flexibility index (Phi) is 6.29. The van der Waals surface area contributed by atoms with Crippen LogP contribution in [0.15, 0.2) is 33.2 Å². The molecule has 0 saturated heterocycles. The topological polar surface area (TPSA) is 80.4 Å². The number of primary amides is 1. The largest absolute Gasteiger partial charge is 0.478 e. The Bertz CT molecular complexity index is 872. The number of rotatable bonds is 5. The minimum absolute atomic E-state index is 0.117. The first-order chi connectivity index (χ1) is 12.1. The van der Waals surface area contributed by atoms with E-state index >= 15 is 0 Å². The Morgan fingerprint density at radius 2 is 1.42 bits per heavy atom. The molecule has 1 amide bonds. The number of hydrogen-bond acceptors (Lipinski definition) is 2. The molecule has 0 aromatic heterocycles. The van der Waals surface area contributed by atoms with E-state index in [-0.39, 0.29) is 17.4 Å². The summed E-state index contributed by atoms with van der Waals surface area (Å²) < 4.78 is 1.50. The van der Waals surface area contributed by atoms with Crippen LogP contribution in [-0.2, 0) is 0 Å². The molecule has 6 heteroatoms. The number of aromatic carboxylic acids is 1. The minimum Gasteiger partial charge on any atom is -0.478 e. The number of nitrogens with two attached hydrogens (primary N) is 1. The van der Waals surface area contributed by atoms with Gasteiger partial charge in [0, 0.05) is 14.5 Å². The van der Waals surface area contributed by atoms with Crippen molar-refractivity contribution in [3.05, 3.63) is 55.5 Å². The molecule has 0 spiro atoms. The van der Waals surface area contributed by atoms with Gasteiger partial charge in [-0.1, -0.05) is 39.8 Å². The Morgan fingerprint density at radius 1 is 0.923 bits per heavy atom. The molecule has 0 aliphatic rings. The molecule has 0 saturated carbocycles. The molecule has 0 radical (unpaired) electrons. The van der Waals surface area contributed by atoms with E-state index in [0.717, 1.165) is 26.7 Å². The fraction of sp³-hybridized carbons (Fsp3) is 0.300. The van der Waals surface area contributed by atoms with Gasteiger partial charge in [-0.2, -0.15) is 0 Å². The molecular weight excluding hydrogens is 462 g/mol. The van der Waals surface area contributed by atoms with Gasteiger partial charge in [-0.25, -0.2) is 4.79 Å². The summed E-state index contributed by atoms with van der Waals surface area (Å²) in [6.45, 7) is 8.21. The number of amides is 1. The van der Waals surface area contributed by atoms with E-state index in [0.29, 0.717) is 10.0 Å². The Balaban J connectivity index is 2.90. The predicted molar refractivity (Wildman–Crippen MR) is 111 cm³/mol. The molecule has 0 bridgehead atoms. The first-order valence-electron chi connectivity index (χ1n) is 8.26. The summed E-state index contributed by atoms with van der Waals surface area (Å²) in [6, 6.07) is 6.56. The van der Waals surface area contributed by atoms with Crippen LogP contribution in [0.1, 0.15) is 71.4 Å². The van der Waals surface area contributed by atoms with Crippen molar-refractivity contribution in [2.24, 2.45) is 5.73 Å². The summed E-state index contributed by atoms with van der Waals surface area (Å²) in [7, 11) is 0. The van der Waals surface area contributed by atoms with E-state index < -0.39 is 11.9 Å². The predicted octanol–water partition coefficient (Wildman–Crippen LogP) is 5.92. The molecule has 2 aromatic carbocycles. The van der Waals surface area contributed by atoms with Crippen LogP contribution in [0.2, 0.25) is 0 Å². The van der Waals surface area contributed by atoms with Crippen LogP contribution in [0.4, 0.5) is 0 Å². The van der Waals surface area contributed by atoms with Crippen molar-refractivity contribution in [2.45, 2.75) is 39.5 Å². The Hall–Kier alpha value is -1.66. The van der Waals surface area contributed by atoms with Crippen LogP contribution in [0.3, 0.4) is 0 Å². The van der Waals surface area contributed by atoms with Gasteiger partial charge in [0.15, 0.2) is 0 Å². The van der Waals surface area contributed by atoms with Crippen molar-refractivity contribution in [1.82, 2.24) is 0 Å². The average Bonchev–Trinajstić information content (AvgIpc) is 2.53. The van der Waals surface area contributed by atoms with Gasteiger partial charge in [0.05, 0.1) is 11.1 Å². The van der Waals surface area contributed by atoms with Crippen molar-refractivity contribution in [3.63, 3.8) is 0 Å². The standard InChI is InChI=1S/C20H21Br2NO3/c1-9(2)13-14(10(3)4)17(21)15(18(22)16(13)19(23)24)11-5-7-12(8-6-11)20(25)26/h5-10H,1-4H3,(H2,23,24)(H,25,26). The smallest absolute Gasteiger partial charge is 0.335 e. The molecule has 2 aromatic rings. The molecule has 26 heavy (non-hydrogen) atoms. The van der Waals surface area contributed by atoms with Gasteiger partial charge in [0.2, 0.25) is 5.91 Å². The lowest BCUT2D eigenvalue weighted by molar-refractivity contribution is 0.0696. The number of carbonyl (C=O) groups excluding carboxylic acids is 1. The number of benzene rings is 2. The third-order valence-corrected chi connectivity index (χ3v) is 5.89. The zero-order valence-electron chi connectivity index (χ0n) is 15.1. The number of carbonyl (C=O) groups is 2. The SMILES string of the molecule is CC(C)c1c(Br)c(-c2ccc(C(=O)O)cc2)c(Br)c(C(N)=O)c1C(C)C. The zero-order valence-corrected chi connectivity index (χ0v) is 18.2. The zero-order chi connectivity index (χ0) is 19.8. The first kappa shape index (κ1) is 20.6. The third kappa shape index (κ3) is 3.71. The van der Waals surface area contributed by atoms with Crippen molar-refractivity contribution in [1.29, 1.82) is 0 Å². The van der Waals surface area contributed by atoms with Crippen LogP contribution < -0.4 is 5.73 Å². The summed E-state index contributed by atoms with van der Waals surface area (Å²) in [6.07, 6.45) is 0. The molecule has 0 unspecified atom stereocenters. The number of hydrogen-bond donors (Lipinski definition) is 2. The molecule has 0 heterocycles. The van der Waals surface area contributed by atoms with Crippen molar-refractivity contribution in [3.8, 4) is 11.1 Å². The van der Waals surface area contributed by atoms with Crippen molar-refractivity contribution in [2.75, 3.05) is 0 Å². The van der Waals surface area contributed by atoms with Crippen molar-refractivity contribution < 1.29 is 14.7 Å². The lowest BCUT2D eigenvalue weighted by Crippen LogP contribution is -2.18. The van der Waals surface area contributed by atoms with Gasteiger partial charge in [-0.05, 0) is 72.5 Å². The summed E-state index contributed by atoms with van der Waals surface area (Å²) in [4.78, 5) is 23.4. The van der Waals surface area contributed by atoms with Crippen LogP contribution in [0.25, 0.3) is 11.1 Å². The van der Waals surface area contributed by atoms with Gasteiger partial charge in [-0.3, -0.25) is 4.79 Å². The summed E-state index contributed by atoms with van der Waals surface area (Å²) in [5, 5.41) is 9.11. The number of carboxylic acids is 1. The van der Waals surface area contributed by atoms with Gasteiger partial charge in [-0.15, -0.1) is 0 Å². The van der Waals surface area contributed by atoms with E-state index in [1.165, 1.54) is 0 Å². The number of carboxylic acid groups (broad SMARTS) is 1. The molecular formula is C20H21Br2NO3. The highest BCUT2D eigenvalue weighted by molar-refractivity contribution is 9.11. The summed E-state index contributed by atoms with van der Waals surface area (Å²) >= 11 is 7.29. The molecule has 0 fully saturated rings. The monoisotopic (exact) mass is 481 g/mol. The molecule has 4 nitrogen and oxygen atoms in total. The van der Waals surface area contributed by atoms with E-state index in [9.17, 15) is 9.59 Å². The number of halogens is 2. The highest BCUT2D eigenvalue weighted by Gasteiger charge is 2.27. The van der Waals surface area contributed by atoms with Crippen LogP contribution in [-0.4, -0.2) is 17.0 Å². The van der Waals surface area contributed by atoms with Gasteiger partial charge in [0.25, 0.3) is 0 Å². The summed E-state index contributed by atoms with van der Waals surface area (Å²) in [5.41, 5.74) is 9.96. The quantitative estimate of drug-likeness (QED) is 0.554. The Morgan fingerprint density at radius 3 is 1.81 bits per heavy atom. The van der Waals surface area contributed by atoms with Crippen LogP contribution in [0, 0.1) is 0 Å². The maximum Gasteiger partial charge on any atom is 0.335 e. The normalized spacial score (nSPS) is 11.2. The molecule has 0 aliphatic heterocycles. The second-order valence-corrected chi connectivity index (χ2v) is 8.35. The lowest BCUT2D eigenvalue weighted by atomic mass is 9.83. The second-order valence-electron chi connectivity index (χ2n) is 6.76. The van der Waals surface area contributed by atoms with E-state index in [1.54, 1.807) is 24.3 Å². The first-order valence-corrected chi connectivity index (χ1v) is 9.84. The molecule has 2 rings (SSSR count). The maximum atomic E-state index is 12.3. The van der Waals surface area contributed by atoms with E-state index in [2.05, 4.69) is 45.7 Å². The third-order valence-electron chi connectivity index (χ3n) is 4.28. The average molecular weight is 483 g/mol. The van der Waals surface area contributed by atoms with Gasteiger partial charge >= 0.3 is 5.97 Å². The summed E-state index contributed by atoms with van der Waals surface area (Å²) in [5.74, 6) is -1.18. The highest BCUT2D eigenvalue weighted by atomic mass is 79.9. The lowest BCUT2D eigenvalue weighted by Gasteiger charge is -2.25.